The van der Waals surface area contributed by atoms with Crippen molar-refractivity contribution in [2.75, 3.05) is 6.61 Å². The molecule has 0 aliphatic rings. The fraction of sp³-hybridized carbons (Fsp3) is 0.878. The lowest BCUT2D eigenvalue weighted by atomic mass is 9.74. The first-order valence-corrected chi connectivity index (χ1v) is 25.4. The summed E-state index contributed by atoms with van der Waals surface area (Å²) in [5, 5.41) is 11.4. The van der Waals surface area contributed by atoms with Crippen LogP contribution in [0.2, 0.25) is 0 Å². The summed E-state index contributed by atoms with van der Waals surface area (Å²) in [6, 6.07) is 3.94. The summed E-state index contributed by atoms with van der Waals surface area (Å²) < 4.78 is 19.4. The van der Waals surface area contributed by atoms with E-state index in [4.69, 9.17) is 4.52 Å². The number of hydrogen-bond acceptors (Lipinski definition) is 3. The minimum atomic E-state index is -3.88. The number of aromatic hydroxyl groups is 1. The molecule has 0 aromatic heterocycles. The minimum Gasteiger partial charge on any atom is -0.507 e. The van der Waals surface area contributed by atoms with Crippen molar-refractivity contribution in [3.63, 3.8) is 0 Å². The topological polar surface area (TPSA) is 66.8 Å². The van der Waals surface area contributed by atoms with Crippen molar-refractivity contribution >= 4 is 7.60 Å². The van der Waals surface area contributed by atoms with Crippen LogP contribution in [0.5, 0.6) is 5.75 Å². The van der Waals surface area contributed by atoms with E-state index >= 15 is 0 Å². The largest absolute Gasteiger partial charge is 0.507 e. The van der Waals surface area contributed by atoms with Crippen molar-refractivity contribution in [2.45, 2.75) is 271 Å². The van der Waals surface area contributed by atoms with Crippen LogP contribution in [0, 0.1) is 0 Å². The van der Waals surface area contributed by atoms with Crippen LogP contribution in [0.25, 0.3) is 0 Å². The molecule has 4 nitrogen and oxygen atoms in total. The van der Waals surface area contributed by atoms with Gasteiger partial charge in [0.15, 0.2) is 0 Å². The Morgan fingerprint density at radius 3 is 1.06 bits per heavy atom. The van der Waals surface area contributed by atoms with Gasteiger partial charge in [-0.3, -0.25) is 4.57 Å². The highest BCUT2D eigenvalue weighted by atomic mass is 31.2. The predicted molar refractivity (Wildman–Crippen MR) is 239 cm³/mol. The molecule has 0 spiro atoms. The lowest BCUT2D eigenvalue weighted by Crippen LogP contribution is -2.22. The molecule has 0 radical (unpaired) electrons. The van der Waals surface area contributed by atoms with E-state index in [1.165, 1.54) is 167 Å². The number of unbranched alkanes of at least 4 members (excludes halogenated alkanes) is 27. The van der Waals surface area contributed by atoms with Crippen molar-refractivity contribution in [3.05, 3.63) is 28.8 Å². The summed E-state index contributed by atoms with van der Waals surface area (Å²) in [4.78, 5) is 11.2. The summed E-state index contributed by atoms with van der Waals surface area (Å²) in [5.74, 6) is 0.330. The highest BCUT2D eigenvalue weighted by molar-refractivity contribution is 7.53. The van der Waals surface area contributed by atoms with E-state index in [0.29, 0.717) is 18.8 Å². The molecule has 0 amide bonds. The number of phenolic OH excluding ortho intramolecular Hbond substituents is 1. The molecule has 2 N–H and O–H groups in total. The van der Waals surface area contributed by atoms with Crippen LogP contribution in [0.1, 0.15) is 277 Å². The predicted octanol–water partition coefficient (Wildman–Crippen LogP) is 17.4. The Hall–Kier alpha value is -0.830. The molecule has 54 heavy (non-hydrogen) atoms. The smallest absolute Gasteiger partial charge is 0.335 e. The Balaban J connectivity index is 2.10. The van der Waals surface area contributed by atoms with E-state index in [9.17, 15) is 14.6 Å². The summed E-state index contributed by atoms with van der Waals surface area (Å²) in [7, 11) is -3.88. The van der Waals surface area contributed by atoms with Gasteiger partial charge in [0.05, 0.1) is 12.3 Å². The zero-order valence-corrected chi connectivity index (χ0v) is 38.4. The monoisotopic (exact) mass is 777 g/mol. The first-order valence-electron chi connectivity index (χ1n) is 23.7. The first kappa shape index (κ1) is 51.2. The third-order valence-electron chi connectivity index (χ3n) is 12.8. The van der Waals surface area contributed by atoms with Gasteiger partial charge in [0.25, 0.3) is 0 Å². The molecular weight excluding hydrogens is 684 g/mol. The Morgan fingerprint density at radius 2 is 0.796 bits per heavy atom. The Morgan fingerprint density at radius 1 is 0.519 bits per heavy atom. The molecule has 2 unspecified atom stereocenters. The zero-order valence-electron chi connectivity index (χ0n) is 37.5. The lowest BCUT2D eigenvalue weighted by Gasteiger charge is -2.33. The fourth-order valence-electron chi connectivity index (χ4n) is 7.97. The normalized spacial score (nSPS) is 14.1. The maximum Gasteiger partial charge on any atom is 0.335 e. The van der Waals surface area contributed by atoms with Gasteiger partial charge in [-0.15, -0.1) is 0 Å². The second-order valence-corrected chi connectivity index (χ2v) is 20.3. The summed E-state index contributed by atoms with van der Waals surface area (Å²) >= 11 is 0. The van der Waals surface area contributed by atoms with Gasteiger partial charge in [-0.1, -0.05) is 241 Å². The number of rotatable bonds is 37. The average Bonchev–Trinajstić information content (AvgIpc) is 3.14. The molecule has 2 atom stereocenters. The standard InChI is InChI=1S/C49H93O4P/c1-9-13-14-15-16-17-18-19-20-21-22-23-24-25-26-27-28-29-30-31-32-33-34-35-36-37-38-39-40-53-54(51,52)46(10-2)43-41-44(48(5,6)11-3)47(50)45(42-43)49(7,8)12-4/h41-42,46,50H,9-40H2,1-8H3,(H,51,52). The fourth-order valence-corrected chi connectivity index (χ4v) is 9.53. The third-order valence-corrected chi connectivity index (χ3v) is 14.8. The molecule has 5 heteroatoms. The second-order valence-electron chi connectivity index (χ2n) is 18.3. The molecule has 1 rings (SSSR count). The maximum absolute atomic E-state index is 13.6. The molecular formula is C49H93O4P. The van der Waals surface area contributed by atoms with Gasteiger partial charge in [-0.05, 0) is 42.1 Å². The first-order chi connectivity index (χ1) is 25.9. The van der Waals surface area contributed by atoms with E-state index in [2.05, 4.69) is 48.5 Å². The van der Waals surface area contributed by atoms with E-state index < -0.39 is 13.3 Å². The highest BCUT2D eigenvalue weighted by Gasteiger charge is 2.36. The van der Waals surface area contributed by atoms with Crippen molar-refractivity contribution in [2.24, 2.45) is 0 Å². The molecule has 0 aliphatic heterocycles. The van der Waals surface area contributed by atoms with E-state index in [0.717, 1.165) is 42.4 Å². The van der Waals surface area contributed by atoms with Crippen LogP contribution in [0.4, 0.5) is 0 Å². The van der Waals surface area contributed by atoms with Crippen LogP contribution >= 0.6 is 7.60 Å². The quantitative estimate of drug-likeness (QED) is 0.0522. The van der Waals surface area contributed by atoms with Crippen LogP contribution in [-0.2, 0) is 19.9 Å². The minimum absolute atomic E-state index is 0.248. The van der Waals surface area contributed by atoms with Crippen LogP contribution in [0.15, 0.2) is 12.1 Å². The van der Waals surface area contributed by atoms with Gasteiger partial charge in [0, 0.05) is 11.1 Å². The zero-order chi connectivity index (χ0) is 40.1. The number of hydrogen-bond donors (Lipinski definition) is 2. The van der Waals surface area contributed by atoms with Gasteiger partial charge in [0.1, 0.15) is 5.75 Å². The maximum atomic E-state index is 13.6. The number of phenols is 1. The Bertz CT molecular complexity index is 1060. The van der Waals surface area contributed by atoms with Gasteiger partial charge in [-0.25, -0.2) is 0 Å². The summed E-state index contributed by atoms with van der Waals surface area (Å²) in [6.07, 6.45) is 40.7. The van der Waals surface area contributed by atoms with Crippen molar-refractivity contribution in [1.82, 2.24) is 0 Å². The average molecular weight is 777 g/mol. The van der Waals surface area contributed by atoms with Crippen LogP contribution < -0.4 is 0 Å². The summed E-state index contributed by atoms with van der Waals surface area (Å²) in [5.41, 5.74) is 1.43. The molecule has 0 bridgehead atoms. The van der Waals surface area contributed by atoms with Gasteiger partial charge >= 0.3 is 7.60 Å². The highest BCUT2D eigenvalue weighted by Crippen LogP contribution is 2.59. The molecule has 0 saturated carbocycles. The van der Waals surface area contributed by atoms with Crippen molar-refractivity contribution < 1.29 is 19.1 Å². The molecule has 0 aliphatic carbocycles. The van der Waals surface area contributed by atoms with E-state index in [1.807, 2.05) is 19.1 Å². The SMILES string of the molecule is CCCCCCCCCCCCCCCCCCCCCCCCCCCCCCOP(=O)(O)C(CC)c1cc(C(C)(C)CC)c(O)c(C(C)(C)CC)c1. The second kappa shape index (κ2) is 30.3. The molecule has 0 fully saturated rings. The molecule has 1 aromatic rings. The van der Waals surface area contributed by atoms with Gasteiger partial charge in [-0.2, -0.15) is 0 Å². The Labute approximate surface area is 337 Å². The molecule has 318 valence electrons. The van der Waals surface area contributed by atoms with Crippen LogP contribution in [0.3, 0.4) is 0 Å². The van der Waals surface area contributed by atoms with Gasteiger partial charge in [0.2, 0.25) is 0 Å². The lowest BCUT2D eigenvalue weighted by molar-refractivity contribution is 0.243. The Kier molecular flexibility index (Phi) is 28.7. The van der Waals surface area contributed by atoms with Crippen molar-refractivity contribution in [1.29, 1.82) is 0 Å². The van der Waals surface area contributed by atoms with Crippen molar-refractivity contribution in [3.8, 4) is 5.75 Å². The van der Waals surface area contributed by atoms with Crippen LogP contribution in [-0.4, -0.2) is 16.6 Å². The van der Waals surface area contributed by atoms with E-state index in [-0.39, 0.29) is 10.8 Å². The van der Waals surface area contributed by atoms with Gasteiger partial charge < -0.3 is 14.5 Å². The molecule has 0 saturated heterocycles. The number of benzene rings is 1. The van der Waals surface area contributed by atoms with E-state index in [1.54, 1.807) is 0 Å². The molecule has 1 aromatic carbocycles. The third kappa shape index (κ3) is 21.6. The molecule has 0 heterocycles. The summed E-state index contributed by atoms with van der Waals surface area (Å²) in [6.45, 7) is 17.4.